The highest BCUT2D eigenvalue weighted by atomic mass is 16.5. The molecule has 0 aromatic rings. The van der Waals surface area contributed by atoms with Crippen LogP contribution in [-0.4, -0.2) is 23.8 Å². The summed E-state index contributed by atoms with van der Waals surface area (Å²) in [5, 5.41) is 9.19. The summed E-state index contributed by atoms with van der Waals surface area (Å²) >= 11 is 0. The fourth-order valence-corrected chi connectivity index (χ4v) is 2.95. The molecule has 2 aliphatic rings. The summed E-state index contributed by atoms with van der Waals surface area (Å²) in [6.07, 6.45) is 9.94. The normalized spacial score (nSPS) is 34.1. The lowest BCUT2D eigenvalue weighted by Gasteiger charge is -2.22. The SMILES string of the molecule is CC(C)=CCCC12C=CCC(C(=O)O)C(C1)OC2. The third-order valence-corrected chi connectivity index (χ3v) is 4.01. The summed E-state index contributed by atoms with van der Waals surface area (Å²) in [5.74, 6) is -1.10. The van der Waals surface area contributed by atoms with Gasteiger partial charge in [0.05, 0.1) is 18.6 Å². The molecule has 0 saturated carbocycles. The molecule has 18 heavy (non-hydrogen) atoms. The van der Waals surface area contributed by atoms with E-state index in [9.17, 15) is 9.90 Å². The molecule has 1 heterocycles. The van der Waals surface area contributed by atoms with E-state index >= 15 is 0 Å². The molecule has 100 valence electrons. The molecule has 1 N–H and O–H groups in total. The summed E-state index contributed by atoms with van der Waals surface area (Å²) in [6.45, 7) is 4.89. The highest BCUT2D eigenvalue weighted by Crippen LogP contribution is 2.44. The van der Waals surface area contributed by atoms with Crippen LogP contribution in [0.5, 0.6) is 0 Å². The number of carbonyl (C=O) groups is 1. The maximum absolute atomic E-state index is 11.2. The number of hydrogen-bond donors (Lipinski definition) is 1. The molecule has 0 aromatic heterocycles. The highest BCUT2D eigenvalue weighted by molar-refractivity contribution is 5.71. The van der Waals surface area contributed by atoms with Crippen LogP contribution in [0, 0.1) is 11.3 Å². The number of hydrogen-bond acceptors (Lipinski definition) is 2. The highest BCUT2D eigenvalue weighted by Gasteiger charge is 2.44. The Hall–Kier alpha value is -1.09. The van der Waals surface area contributed by atoms with E-state index in [1.807, 2.05) is 6.08 Å². The zero-order valence-corrected chi connectivity index (χ0v) is 11.2. The fraction of sp³-hybridized carbons (Fsp3) is 0.667. The van der Waals surface area contributed by atoms with E-state index in [4.69, 9.17) is 4.74 Å². The summed E-state index contributed by atoms with van der Waals surface area (Å²) in [5.41, 5.74) is 1.41. The minimum absolute atomic E-state index is 0.0703. The molecule has 0 radical (unpaired) electrons. The van der Waals surface area contributed by atoms with Gasteiger partial charge in [-0.25, -0.2) is 0 Å². The van der Waals surface area contributed by atoms with E-state index in [0.717, 1.165) is 19.3 Å². The Balaban J connectivity index is 2.04. The van der Waals surface area contributed by atoms with Gasteiger partial charge in [0, 0.05) is 5.41 Å². The van der Waals surface area contributed by atoms with Crippen molar-refractivity contribution in [2.75, 3.05) is 6.61 Å². The monoisotopic (exact) mass is 250 g/mol. The number of carboxylic acid groups (broad SMARTS) is 1. The van der Waals surface area contributed by atoms with E-state index in [1.165, 1.54) is 5.57 Å². The summed E-state index contributed by atoms with van der Waals surface area (Å²) in [7, 11) is 0. The van der Waals surface area contributed by atoms with Gasteiger partial charge in [-0.1, -0.05) is 23.8 Å². The Bertz CT molecular complexity index is 379. The van der Waals surface area contributed by atoms with Crippen LogP contribution in [0.25, 0.3) is 0 Å². The van der Waals surface area contributed by atoms with Gasteiger partial charge in [-0.2, -0.15) is 0 Å². The first-order valence-electron chi connectivity index (χ1n) is 6.68. The first-order chi connectivity index (χ1) is 8.52. The molecule has 3 heteroatoms. The van der Waals surface area contributed by atoms with E-state index < -0.39 is 5.97 Å². The topological polar surface area (TPSA) is 46.5 Å². The van der Waals surface area contributed by atoms with Crippen molar-refractivity contribution in [3.8, 4) is 0 Å². The van der Waals surface area contributed by atoms with Gasteiger partial charge in [0.25, 0.3) is 0 Å². The van der Waals surface area contributed by atoms with Gasteiger partial charge >= 0.3 is 5.97 Å². The van der Waals surface area contributed by atoms with E-state index in [0.29, 0.717) is 13.0 Å². The largest absolute Gasteiger partial charge is 0.481 e. The molecule has 1 fully saturated rings. The number of fused-ring (bicyclic) bond motifs is 2. The standard InChI is InChI=1S/C15H22O3/c1-11(2)5-3-7-15-8-4-6-12(14(16)17)13(9-15)18-10-15/h4-5,8,12-13H,3,6-7,9-10H2,1-2H3,(H,16,17). The minimum atomic E-state index is -0.730. The Morgan fingerprint density at radius 1 is 1.56 bits per heavy atom. The molecule has 0 aromatic carbocycles. The minimum Gasteiger partial charge on any atom is -0.481 e. The Labute approximate surface area is 109 Å². The number of allylic oxidation sites excluding steroid dienone is 3. The lowest BCUT2D eigenvalue weighted by molar-refractivity contribution is -0.145. The van der Waals surface area contributed by atoms with Crippen molar-refractivity contribution in [1.29, 1.82) is 0 Å². The maximum atomic E-state index is 11.2. The van der Waals surface area contributed by atoms with Gasteiger partial charge in [-0.05, 0) is 39.5 Å². The van der Waals surface area contributed by atoms with Crippen LogP contribution in [-0.2, 0) is 9.53 Å². The lowest BCUT2D eigenvalue weighted by atomic mass is 9.80. The van der Waals surface area contributed by atoms with Crippen molar-refractivity contribution in [3.63, 3.8) is 0 Å². The molecule has 1 aliphatic heterocycles. The van der Waals surface area contributed by atoms with Crippen molar-refractivity contribution >= 4 is 5.97 Å². The van der Waals surface area contributed by atoms with E-state index in [2.05, 4.69) is 26.0 Å². The predicted molar refractivity (Wildman–Crippen MR) is 70.3 cm³/mol. The summed E-state index contributed by atoms with van der Waals surface area (Å²) in [4.78, 5) is 11.2. The average molecular weight is 250 g/mol. The van der Waals surface area contributed by atoms with Crippen molar-refractivity contribution in [2.45, 2.75) is 45.6 Å². The van der Waals surface area contributed by atoms with Crippen LogP contribution < -0.4 is 0 Å². The maximum Gasteiger partial charge on any atom is 0.309 e. The number of ether oxygens (including phenoxy) is 1. The third kappa shape index (κ3) is 2.83. The van der Waals surface area contributed by atoms with E-state index in [1.54, 1.807) is 0 Å². The first-order valence-corrected chi connectivity index (χ1v) is 6.68. The number of aliphatic carboxylic acids is 1. The van der Waals surface area contributed by atoms with Crippen LogP contribution in [0.3, 0.4) is 0 Å². The number of rotatable bonds is 4. The van der Waals surface area contributed by atoms with Crippen LogP contribution in [0.4, 0.5) is 0 Å². The van der Waals surface area contributed by atoms with Crippen molar-refractivity contribution in [3.05, 3.63) is 23.8 Å². The van der Waals surface area contributed by atoms with Gasteiger partial charge in [0.1, 0.15) is 0 Å². The lowest BCUT2D eigenvalue weighted by Crippen LogP contribution is -2.27. The second kappa shape index (κ2) is 5.27. The molecule has 3 unspecified atom stereocenters. The van der Waals surface area contributed by atoms with Crippen molar-refractivity contribution in [1.82, 2.24) is 0 Å². The van der Waals surface area contributed by atoms with Gasteiger partial charge in [-0.3, -0.25) is 4.79 Å². The van der Waals surface area contributed by atoms with E-state index in [-0.39, 0.29) is 17.4 Å². The zero-order chi connectivity index (χ0) is 13.2. The summed E-state index contributed by atoms with van der Waals surface area (Å²) in [6, 6.07) is 0. The molecule has 3 atom stereocenters. The molecule has 0 spiro atoms. The quantitative estimate of drug-likeness (QED) is 0.779. The molecule has 1 saturated heterocycles. The van der Waals surface area contributed by atoms with Crippen molar-refractivity contribution < 1.29 is 14.6 Å². The average Bonchev–Trinajstić information content (AvgIpc) is 2.56. The molecular weight excluding hydrogens is 228 g/mol. The van der Waals surface area contributed by atoms with Crippen LogP contribution in [0.15, 0.2) is 23.8 Å². The molecule has 2 rings (SSSR count). The fourth-order valence-electron chi connectivity index (χ4n) is 2.95. The van der Waals surface area contributed by atoms with Crippen LogP contribution >= 0.6 is 0 Å². The Morgan fingerprint density at radius 2 is 2.33 bits per heavy atom. The predicted octanol–water partition coefficient (Wildman–Crippen LogP) is 3.17. The second-order valence-electron chi connectivity index (χ2n) is 5.82. The van der Waals surface area contributed by atoms with Gasteiger partial charge in [-0.15, -0.1) is 0 Å². The van der Waals surface area contributed by atoms with Crippen molar-refractivity contribution in [2.24, 2.45) is 11.3 Å². The third-order valence-electron chi connectivity index (χ3n) is 4.01. The van der Waals surface area contributed by atoms with Crippen LogP contribution in [0.2, 0.25) is 0 Å². The molecule has 1 aliphatic carbocycles. The van der Waals surface area contributed by atoms with Gasteiger partial charge < -0.3 is 9.84 Å². The molecular formula is C15H22O3. The molecule has 3 nitrogen and oxygen atoms in total. The zero-order valence-electron chi connectivity index (χ0n) is 11.2. The Morgan fingerprint density at radius 3 is 3.00 bits per heavy atom. The Kier molecular flexibility index (Phi) is 3.91. The van der Waals surface area contributed by atoms with Gasteiger partial charge in [0.15, 0.2) is 0 Å². The molecule has 2 bridgehead atoms. The smallest absolute Gasteiger partial charge is 0.309 e. The van der Waals surface area contributed by atoms with Crippen LogP contribution in [0.1, 0.15) is 39.5 Å². The second-order valence-corrected chi connectivity index (χ2v) is 5.82. The summed E-state index contributed by atoms with van der Waals surface area (Å²) < 4.78 is 5.74. The molecule has 0 amide bonds. The van der Waals surface area contributed by atoms with Gasteiger partial charge in [0.2, 0.25) is 0 Å². The number of carboxylic acids is 1. The first kappa shape index (κ1) is 13.3.